The number of benzene rings is 2. The fourth-order valence-electron chi connectivity index (χ4n) is 4.65. The fourth-order valence-corrected chi connectivity index (χ4v) is 4.65. The van der Waals surface area contributed by atoms with E-state index in [0.717, 1.165) is 12.0 Å². The Labute approximate surface area is 177 Å². The molecule has 2 atom stereocenters. The van der Waals surface area contributed by atoms with Crippen molar-refractivity contribution in [2.24, 2.45) is 5.41 Å². The summed E-state index contributed by atoms with van der Waals surface area (Å²) in [6.45, 7) is 1.28. The molecule has 5 nitrogen and oxygen atoms in total. The molecular weight excluding hydrogens is 378 g/mol. The van der Waals surface area contributed by atoms with Gasteiger partial charge in [-0.3, -0.25) is 14.4 Å². The van der Waals surface area contributed by atoms with Crippen LogP contribution in [0.2, 0.25) is 0 Å². The summed E-state index contributed by atoms with van der Waals surface area (Å²) < 4.78 is 5.57. The van der Waals surface area contributed by atoms with Crippen LogP contribution < -0.4 is 0 Å². The van der Waals surface area contributed by atoms with E-state index < -0.39 is 11.4 Å². The van der Waals surface area contributed by atoms with Crippen molar-refractivity contribution in [3.63, 3.8) is 0 Å². The number of likely N-dealkylation sites (tertiary alicyclic amines) is 1. The van der Waals surface area contributed by atoms with Crippen molar-refractivity contribution in [1.82, 2.24) is 4.90 Å². The van der Waals surface area contributed by atoms with Crippen molar-refractivity contribution in [2.45, 2.75) is 44.6 Å². The first kappa shape index (κ1) is 20.3. The molecule has 0 unspecified atom stereocenters. The van der Waals surface area contributed by atoms with Gasteiger partial charge in [-0.1, -0.05) is 60.7 Å². The van der Waals surface area contributed by atoms with Crippen LogP contribution in [0.1, 0.15) is 49.1 Å². The molecule has 4 rings (SSSR count). The summed E-state index contributed by atoms with van der Waals surface area (Å²) in [7, 11) is 0. The lowest BCUT2D eigenvalue weighted by Gasteiger charge is -2.36. The van der Waals surface area contributed by atoms with Crippen molar-refractivity contribution < 1.29 is 19.1 Å². The second kappa shape index (κ2) is 8.82. The van der Waals surface area contributed by atoms with Crippen molar-refractivity contribution >= 4 is 17.7 Å². The summed E-state index contributed by atoms with van der Waals surface area (Å²) in [5.74, 6) is -0.587. The molecule has 1 aliphatic carbocycles. The van der Waals surface area contributed by atoms with Gasteiger partial charge in [-0.25, -0.2) is 0 Å². The molecule has 30 heavy (non-hydrogen) atoms. The van der Waals surface area contributed by atoms with E-state index in [2.05, 4.69) is 12.1 Å². The first-order valence-corrected chi connectivity index (χ1v) is 10.7. The molecule has 1 heterocycles. The van der Waals surface area contributed by atoms with Gasteiger partial charge in [0.15, 0.2) is 5.41 Å². The van der Waals surface area contributed by atoms with Gasteiger partial charge in [0.05, 0.1) is 0 Å². The Hall–Kier alpha value is -2.95. The Morgan fingerprint density at radius 1 is 1.03 bits per heavy atom. The topological polar surface area (TPSA) is 63.7 Å². The Morgan fingerprint density at radius 2 is 1.73 bits per heavy atom. The van der Waals surface area contributed by atoms with Crippen molar-refractivity contribution in [1.29, 1.82) is 0 Å². The van der Waals surface area contributed by atoms with E-state index in [1.165, 1.54) is 5.56 Å². The summed E-state index contributed by atoms with van der Waals surface area (Å²) >= 11 is 0. The van der Waals surface area contributed by atoms with Crippen LogP contribution in [0.4, 0.5) is 0 Å². The van der Waals surface area contributed by atoms with Crippen LogP contribution in [-0.2, 0) is 25.7 Å². The molecular formula is C25H27NO4. The van der Waals surface area contributed by atoms with Crippen LogP contribution in [0.15, 0.2) is 60.7 Å². The number of hydrogen-bond donors (Lipinski definition) is 0. The highest BCUT2D eigenvalue weighted by Crippen LogP contribution is 2.40. The lowest BCUT2D eigenvalue weighted by atomic mass is 9.72. The van der Waals surface area contributed by atoms with Gasteiger partial charge in [-0.2, -0.15) is 0 Å². The number of ether oxygens (including phenoxy) is 1. The summed E-state index contributed by atoms with van der Waals surface area (Å²) in [6, 6.07) is 19.5. The summed E-state index contributed by atoms with van der Waals surface area (Å²) in [5, 5.41) is 0. The molecule has 1 amide bonds. The van der Waals surface area contributed by atoms with Gasteiger partial charge in [-0.05, 0) is 30.4 Å². The quantitative estimate of drug-likeness (QED) is 0.559. The maximum atomic E-state index is 13.6. The number of Topliss-reactive ketones (excluding diaryl/α,β-unsaturated/α-hetero) is 1. The molecule has 1 saturated heterocycles. The Kier molecular flexibility index (Phi) is 5.98. The smallest absolute Gasteiger partial charge is 0.322 e. The van der Waals surface area contributed by atoms with Gasteiger partial charge in [0.2, 0.25) is 5.91 Å². The zero-order valence-electron chi connectivity index (χ0n) is 17.1. The molecule has 1 aliphatic heterocycles. The standard InChI is InChI=1S/C25H27NO4/c27-22-12-7-14-25(16-22,24(29)30-18-19-8-3-1-4-9-19)23(28)26-15-13-21(17-26)20-10-5-2-6-11-20/h1-6,8-11,21H,7,12-18H2/t21-,25-/m0/s1. The molecule has 2 aromatic rings. The largest absolute Gasteiger partial charge is 0.460 e. The van der Waals surface area contributed by atoms with E-state index in [4.69, 9.17) is 4.74 Å². The second-order valence-electron chi connectivity index (χ2n) is 8.36. The molecule has 2 aromatic carbocycles. The SMILES string of the molecule is O=C1CCC[C@@](C(=O)OCc2ccccc2)(C(=O)N2CC[C@H](c3ccccc3)C2)C1. The van der Waals surface area contributed by atoms with Gasteiger partial charge >= 0.3 is 5.97 Å². The van der Waals surface area contributed by atoms with E-state index in [1.807, 2.05) is 48.5 Å². The number of rotatable bonds is 5. The molecule has 156 valence electrons. The second-order valence-corrected chi connectivity index (χ2v) is 8.36. The van der Waals surface area contributed by atoms with Gasteiger partial charge in [0.1, 0.15) is 12.4 Å². The highest BCUT2D eigenvalue weighted by Gasteiger charge is 2.53. The molecule has 0 radical (unpaired) electrons. The van der Waals surface area contributed by atoms with Crippen LogP contribution in [0.3, 0.4) is 0 Å². The highest BCUT2D eigenvalue weighted by molar-refractivity contribution is 6.06. The van der Waals surface area contributed by atoms with Crippen LogP contribution in [-0.4, -0.2) is 35.6 Å². The third-order valence-corrected chi connectivity index (χ3v) is 6.32. The minimum atomic E-state index is -1.38. The molecule has 0 bridgehead atoms. The van der Waals surface area contributed by atoms with Gasteiger partial charge in [-0.15, -0.1) is 0 Å². The van der Waals surface area contributed by atoms with Crippen molar-refractivity contribution in [3.8, 4) is 0 Å². The van der Waals surface area contributed by atoms with Gasteiger partial charge in [0.25, 0.3) is 0 Å². The first-order valence-electron chi connectivity index (χ1n) is 10.7. The van der Waals surface area contributed by atoms with E-state index in [0.29, 0.717) is 32.4 Å². The van der Waals surface area contributed by atoms with E-state index >= 15 is 0 Å². The monoisotopic (exact) mass is 405 g/mol. The molecule has 1 saturated carbocycles. The molecule has 2 fully saturated rings. The molecule has 2 aliphatic rings. The van der Waals surface area contributed by atoms with Gasteiger partial charge < -0.3 is 9.64 Å². The zero-order chi connectivity index (χ0) is 21.0. The molecule has 0 spiro atoms. The Morgan fingerprint density at radius 3 is 2.43 bits per heavy atom. The number of esters is 1. The third kappa shape index (κ3) is 4.16. The first-order chi connectivity index (χ1) is 14.6. The highest BCUT2D eigenvalue weighted by atomic mass is 16.5. The number of carbonyl (C=O) groups is 3. The predicted octanol–water partition coefficient (Wildman–Crippen LogP) is 3.88. The maximum absolute atomic E-state index is 13.6. The molecule has 5 heteroatoms. The minimum absolute atomic E-state index is 0.0370. The summed E-state index contributed by atoms with van der Waals surface area (Å²) in [6.07, 6.45) is 2.15. The Bertz CT molecular complexity index is 911. The maximum Gasteiger partial charge on any atom is 0.322 e. The number of nitrogens with zero attached hydrogens (tertiary/aromatic N) is 1. The van der Waals surface area contributed by atoms with Crippen LogP contribution in [0, 0.1) is 5.41 Å². The lowest BCUT2D eigenvalue weighted by molar-refractivity contribution is -0.170. The Balaban J connectivity index is 1.50. The number of carbonyl (C=O) groups excluding carboxylic acids is 3. The normalized spacial score (nSPS) is 23.9. The number of ketones is 1. The number of amides is 1. The zero-order valence-corrected chi connectivity index (χ0v) is 17.1. The fraction of sp³-hybridized carbons (Fsp3) is 0.400. The molecule has 0 N–H and O–H groups in total. The number of hydrogen-bond acceptors (Lipinski definition) is 4. The summed E-state index contributed by atoms with van der Waals surface area (Å²) in [4.78, 5) is 40.8. The van der Waals surface area contributed by atoms with Gasteiger partial charge in [0, 0.05) is 31.8 Å². The van der Waals surface area contributed by atoms with E-state index in [9.17, 15) is 14.4 Å². The summed E-state index contributed by atoms with van der Waals surface area (Å²) in [5.41, 5.74) is 0.685. The van der Waals surface area contributed by atoms with Crippen molar-refractivity contribution in [3.05, 3.63) is 71.8 Å². The van der Waals surface area contributed by atoms with Crippen molar-refractivity contribution in [2.75, 3.05) is 13.1 Å². The lowest BCUT2D eigenvalue weighted by Crippen LogP contribution is -2.51. The van der Waals surface area contributed by atoms with Crippen LogP contribution in [0.5, 0.6) is 0 Å². The molecule has 0 aromatic heterocycles. The average Bonchev–Trinajstić information content (AvgIpc) is 3.28. The van der Waals surface area contributed by atoms with E-state index in [1.54, 1.807) is 4.90 Å². The predicted molar refractivity (Wildman–Crippen MR) is 113 cm³/mol. The third-order valence-electron chi connectivity index (χ3n) is 6.32. The minimum Gasteiger partial charge on any atom is -0.460 e. The van der Waals surface area contributed by atoms with Crippen LogP contribution in [0.25, 0.3) is 0 Å². The average molecular weight is 405 g/mol. The van der Waals surface area contributed by atoms with E-state index in [-0.39, 0.29) is 30.6 Å². The van der Waals surface area contributed by atoms with Crippen LogP contribution >= 0.6 is 0 Å².